The van der Waals surface area contributed by atoms with Gasteiger partial charge >= 0.3 is 0 Å². The Morgan fingerprint density at radius 2 is 1.42 bits per heavy atom. The van der Waals surface area contributed by atoms with E-state index in [4.69, 9.17) is 0 Å². The summed E-state index contributed by atoms with van der Waals surface area (Å²) in [5.74, 6) is 0. The lowest BCUT2D eigenvalue weighted by molar-refractivity contribution is 0.474. The molecule has 0 saturated heterocycles. The van der Waals surface area contributed by atoms with Crippen LogP contribution in [0.5, 0.6) is 0 Å². The van der Waals surface area contributed by atoms with Crippen LogP contribution in [-0.4, -0.2) is 13.9 Å². The summed E-state index contributed by atoms with van der Waals surface area (Å²) in [4.78, 5) is -0.0137. The zero-order valence-corrected chi connectivity index (χ0v) is 10.9. The first-order valence-corrected chi connectivity index (χ1v) is 7.31. The molecular formula is C15H13FO2S. The third kappa shape index (κ3) is 3.29. The number of hydrogen-bond acceptors (Lipinski definition) is 2. The van der Waals surface area contributed by atoms with Crippen LogP contribution in [0.3, 0.4) is 0 Å². The number of sulfone groups is 1. The summed E-state index contributed by atoms with van der Waals surface area (Å²) in [6.45, 7) is 0. The molecule has 4 heteroatoms. The van der Waals surface area contributed by atoms with Gasteiger partial charge in [0.1, 0.15) is 0 Å². The van der Waals surface area contributed by atoms with Crippen LogP contribution in [0.2, 0.25) is 0 Å². The normalized spacial score (nSPS) is 13.5. The van der Waals surface area contributed by atoms with Crippen molar-refractivity contribution in [3.05, 3.63) is 72.3 Å². The molecule has 0 N–H and O–H groups in total. The zero-order valence-electron chi connectivity index (χ0n) is 10.1. The van der Waals surface area contributed by atoms with Gasteiger partial charge in [0.2, 0.25) is 15.3 Å². The van der Waals surface area contributed by atoms with Gasteiger partial charge in [0.15, 0.2) is 0 Å². The molecule has 0 fully saturated rings. The summed E-state index contributed by atoms with van der Waals surface area (Å²) in [5, 5.41) is 0. The zero-order chi connectivity index (χ0) is 13.7. The molecule has 0 amide bonds. The molecule has 0 aromatic heterocycles. The second-order valence-corrected chi connectivity index (χ2v) is 5.99. The molecule has 1 unspecified atom stereocenters. The summed E-state index contributed by atoms with van der Waals surface area (Å²) in [6, 6.07) is 16.6. The molecule has 1 atom stereocenters. The van der Waals surface area contributed by atoms with Gasteiger partial charge in [-0.25, -0.2) is 12.8 Å². The Balaban J connectivity index is 2.21. The number of alkyl halides is 1. The number of halogens is 1. The van der Waals surface area contributed by atoms with Crippen molar-refractivity contribution in [1.29, 1.82) is 0 Å². The van der Waals surface area contributed by atoms with E-state index >= 15 is 0 Å². The standard InChI is InChI=1S/C15H13FO2S/c16-15(12-11-13-7-3-1-4-8-13)19(17,18)14-9-5-2-6-10-14/h1-12,15H/b12-11+. The lowest BCUT2D eigenvalue weighted by Crippen LogP contribution is -2.13. The van der Waals surface area contributed by atoms with E-state index in [1.165, 1.54) is 18.2 Å². The van der Waals surface area contributed by atoms with E-state index < -0.39 is 15.3 Å². The first kappa shape index (κ1) is 13.5. The maximum Gasteiger partial charge on any atom is 0.223 e. The van der Waals surface area contributed by atoms with E-state index in [-0.39, 0.29) is 4.90 Å². The number of hydrogen-bond donors (Lipinski definition) is 0. The third-order valence-corrected chi connectivity index (χ3v) is 4.29. The SMILES string of the molecule is O=S(=O)(c1ccccc1)C(F)/C=C/c1ccccc1. The molecule has 0 radical (unpaired) electrons. The molecule has 19 heavy (non-hydrogen) atoms. The predicted octanol–water partition coefficient (Wildman–Crippen LogP) is 3.47. The van der Waals surface area contributed by atoms with Gasteiger partial charge < -0.3 is 0 Å². The van der Waals surface area contributed by atoms with E-state index in [1.807, 2.05) is 6.07 Å². The van der Waals surface area contributed by atoms with Gasteiger partial charge in [-0.3, -0.25) is 0 Å². The minimum atomic E-state index is -3.96. The first-order chi connectivity index (χ1) is 9.10. The van der Waals surface area contributed by atoms with Crippen molar-refractivity contribution in [2.45, 2.75) is 10.4 Å². The maximum absolute atomic E-state index is 13.9. The smallest absolute Gasteiger partial charge is 0.223 e. The quantitative estimate of drug-likeness (QED) is 0.857. The largest absolute Gasteiger partial charge is 0.225 e. The molecule has 0 saturated carbocycles. The second-order valence-electron chi connectivity index (χ2n) is 3.98. The summed E-state index contributed by atoms with van der Waals surface area (Å²) < 4.78 is 37.7. The lowest BCUT2D eigenvalue weighted by Gasteiger charge is -2.05. The molecule has 98 valence electrons. The van der Waals surface area contributed by atoms with Gasteiger partial charge in [0, 0.05) is 0 Å². The maximum atomic E-state index is 13.9. The van der Waals surface area contributed by atoms with Gasteiger partial charge in [0.25, 0.3) is 0 Å². The first-order valence-electron chi connectivity index (χ1n) is 5.77. The van der Waals surface area contributed by atoms with Crippen LogP contribution in [0.1, 0.15) is 5.56 Å². The topological polar surface area (TPSA) is 34.1 Å². The molecule has 2 rings (SSSR count). The van der Waals surface area contributed by atoms with Gasteiger partial charge in [-0.05, 0) is 23.8 Å². The Morgan fingerprint density at radius 1 is 0.895 bits per heavy atom. The highest BCUT2D eigenvalue weighted by Gasteiger charge is 2.24. The average molecular weight is 276 g/mol. The molecule has 0 aliphatic heterocycles. The van der Waals surface area contributed by atoms with Crippen LogP contribution in [0.25, 0.3) is 6.08 Å². The Labute approximate surface area is 112 Å². The van der Waals surface area contributed by atoms with E-state index in [0.29, 0.717) is 0 Å². The molecule has 0 spiro atoms. The highest BCUT2D eigenvalue weighted by atomic mass is 32.2. The van der Waals surface area contributed by atoms with Crippen LogP contribution < -0.4 is 0 Å². The predicted molar refractivity (Wildman–Crippen MR) is 74.0 cm³/mol. The molecule has 0 bridgehead atoms. The minimum Gasteiger partial charge on any atom is -0.225 e. The van der Waals surface area contributed by atoms with Crippen molar-refractivity contribution in [2.24, 2.45) is 0 Å². The summed E-state index contributed by atoms with van der Waals surface area (Å²) >= 11 is 0. The van der Waals surface area contributed by atoms with Crippen LogP contribution in [0.15, 0.2) is 71.6 Å². The van der Waals surface area contributed by atoms with Gasteiger partial charge in [-0.2, -0.15) is 0 Å². The molecule has 0 aliphatic carbocycles. The monoisotopic (exact) mass is 276 g/mol. The average Bonchev–Trinajstić information content (AvgIpc) is 2.46. The van der Waals surface area contributed by atoms with Crippen molar-refractivity contribution in [2.75, 3.05) is 0 Å². The third-order valence-electron chi connectivity index (χ3n) is 2.61. The van der Waals surface area contributed by atoms with Crippen molar-refractivity contribution in [3.8, 4) is 0 Å². The van der Waals surface area contributed by atoms with E-state index in [9.17, 15) is 12.8 Å². The molecule has 2 aromatic carbocycles. The Hall–Kier alpha value is -1.94. The van der Waals surface area contributed by atoms with E-state index in [1.54, 1.807) is 42.5 Å². The van der Waals surface area contributed by atoms with Crippen molar-refractivity contribution >= 4 is 15.9 Å². The second kappa shape index (κ2) is 5.80. The Kier molecular flexibility index (Phi) is 4.12. The Bertz CT molecular complexity index is 649. The highest BCUT2D eigenvalue weighted by molar-refractivity contribution is 7.92. The molecule has 0 aliphatic rings. The van der Waals surface area contributed by atoms with Crippen molar-refractivity contribution in [3.63, 3.8) is 0 Å². The molecule has 2 nitrogen and oxygen atoms in total. The van der Waals surface area contributed by atoms with E-state index in [0.717, 1.165) is 11.6 Å². The fourth-order valence-corrected chi connectivity index (χ4v) is 2.68. The molecular weight excluding hydrogens is 263 g/mol. The Morgan fingerprint density at radius 3 is 2.00 bits per heavy atom. The lowest BCUT2D eigenvalue weighted by atomic mass is 10.2. The van der Waals surface area contributed by atoms with Crippen LogP contribution in [0.4, 0.5) is 4.39 Å². The van der Waals surface area contributed by atoms with Crippen LogP contribution in [-0.2, 0) is 9.84 Å². The van der Waals surface area contributed by atoms with Gasteiger partial charge in [0.05, 0.1) is 4.90 Å². The van der Waals surface area contributed by atoms with Crippen molar-refractivity contribution < 1.29 is 12.8 Å². The van der Waals surface area contributed by atoms with Gasteiger partial charge in [-0.1, -0.05) is 54.6 Å². The van der Waals surface area contributed by atoms with Crippen molar-refractivity contribution in [1.82, 2.24) is 0 Å². The minimum absolute atomic E-state index is 0.0137. The summed E-state index contributed by atoms with van der Waals surface area (Å²) in [6.07, 6.45) is 2.52. The number of benzene rings is 2. The fraction of sp³-hybridized carbons (Fsp3) is 0.0667. The summed E-state index contributed by atoms with van der Waals surface area (Å²) in [5.41, 5.74) is -1.29. The number of rotatable bonds is 4. The van der Waals surface area contributed by atoms with Crippen LogP contribution >= 0.6 is 0 Å². The highest BCUT2D eigenvalue weighted by Crippen LogP contribution is 2.18. The molecule has 0 heterocycles. The van der Waals surface area contributed by atoms with Crippen LogP contribution in [0, 0.1) is 0 Å². The van der Waals surface area contributed by atoms with E-state index in [2.05, 4.69) is 0 Å². The summed E-state index contributed by atoms with van der Waals surface area (Å²) in [7, 11) is -3.96. The fourth-order valence-electron chi connectivity index (χ4n) is 1.59. The molecule has 2 aromatic rings. The van der Waals surface area contributed by atoms with Gasteiger partial charge in [-0.15, -0.1) is 0 Å².